The summed E-state index contributed by atoms with van der Waals surface area (Å²) in [6.07, 6.45) is 3.28. The number of rotatable bonds is 8. The van der Waals surface area contributed by atoms with E-state index in [1.165, 1.54) is 0 Å². The number of carbonyl (C=O) groups is 1. The van der Waals surface area contributed by atoms with Crippen molar-refractivity contribution >= 4 is 5.91 Å². The summed E-state index contributed by atoms with van der Waals surface area (Å²) in [4.78, 5) is 11.8. The second-order valence-corrected chi connectivity index (χ2v) is 4.83. The van der Waals surface area contributed by atoms with Crippen LogP contribution >= 0.6 is 0 Å². The molecule has 1 aliphatic rings. The molecule has 1 saturated heterocycles. The van der Waals surface area contributed by atoms with E-state index in [0.717, 1.165) is 25.1 Å². The number of carbonyl (C=O) groups excluding carboxylic acids is 1. The summed E-state index contributed by atoms with van der Waals surface area (Å²) in [5, 5.41) is 6.05. The van der Waals surface area contributed by atoms with Crippen molar-refractivity contribution in [3.63, 3.8) is 0 Å². The van der Waals surface area contributed by atoms with Crippen molar-refractivity contribution < 1.29 is 18.7 Å². The van der Waals surface area contributed by atoms with Crippen LogP contribution in [0.25, 0.3) is 0 Å². The molecule has 2 atom stereocenters. The van der Waals surface area contributed by atoms with Gasteiger partial charge in [0.15, 0.2) is 0 Å². The fourth-order valence-electron chi connectivity index (χ4n) is 2.16. The Labute approximate surface area is 118 Å². The highest BCUT2D eigenvalue weighted by molar-refractivity contribution is 5.82. The lowest BCUT2D eigenvalue weighted by molar-refractivity contribution is -0.123. The SMILES string of the molecule is COC1CNC(C(=O)NCCCOCc2ccco2)C1. The molecule has 1 aliphatic heterocycles. The van der Waals surface area contributed by atoms with Crippen LogP contribution in [0.15, 0.2) is 22.8 Å². The van der Waals surface area contributed by atoms with E-state index in [4.69, 9.17) is 13.9 Å². The fraction of sp³-hybridized carbons (Fsp3) is 0.643. The predicted octanol–water partition coefficient (Wildman–Crippen LogP) is 0.679. The van der Waals surface area contributed by atoms with Crippen LogP contribution in [0.2, 0.25) is 0 Å². The Morgan fingerprint density at radius 3 is 3.20 bits per heavy atom. The summed E-state index contributed by atoms with van der Waals surface area (Å²) >= 11 is 0. The highest BCUT2D eigenvalue weighted by atomic mass is 16.5. The van der Waals surface area contributed by atoms with Crippen molar-refractivity contribution in [3.8, 4) is 0 Å². The average molecular weight is 282 g/mol. The maximum atomic E-state index is 11.8. The van der Waals surface area contributed by atoms with Gasteiger partial charge in [-0.3, -0.25) is 4.79 Å². The van der Waals surface area contributed by atoms with Crippen LogP contribution in [0.5, 0.6) is 0 Å². The molecule has 1 fully saturated rings. The van der Waals surface area contributed by atoms with Crippen molar-refractivity contribution in [2.24, 2.45) is 0 Å². The topological polar surface area (TPSA) is 72.7 Å². The Morgan fingerprint density at radius 1 is 1.60 bits per heavy atom. The number of hydrogen-bond donors (Lipinski definition) is 2. The van der Waals surface area contributed by atoms with E-state index in [1.807, 2.05) is 12.1 Å². The van der Waals surface area contributed by atoms with Gasteiger partial charge in [-0.1, -0.05) is 0 Å². The molecule has 0 radical (unpaired) electrons. The molecule has 1 aromatic heterocycles. The summed E-state index contributed by atoms with van der Waals surface area (Å²) < 4.78 is 15.8. The Balaban J connectivity index is 1.49. The molecule has 2 unspecified atom stereocenters. The van der Waals surface area contributed by atoms with Gasteiger partial charge in [0.1, 0.15) is 12.4 Å². The van der Waals surface area contributed by atoms with Gasteiger partial charge in [0.2, 0.25) is 5.91 Å². The molecule has 112 valence electrons. The van der Waals surface area contributed by atoms with Crippen LogP contribution in [-0.2, 0) is 20.9 Å². The minimum Gasteiger partial charge on any atom is -0.467 e. The molecule has 1 amide bonds. The normalized spacial score (nSPS) is 22.1. The molecule has 2 rings (SSSR count). The van der Waals surface area contributed by atoms with Gasteiger partial charge in [-0.05, 0) is 25.0 Å². The van der Waals surface area contributed by atoms with E-state index < -0.39 is 0 Å². The number of hydrogen-bond acceptors (Lipinski definition) is 5. The van der Waals surface area contributed by atoms with E-state index in [0.29, 0.717) is 19.8 Å². The lowest BCUT2D eigenvalue weighted by Crippen LogP contribution is -2.40. The summed E-state index contributed by atoms with van der Waals surface area (Å²) in [5.74, 6) is 0.852. The quantitative estimate of drug-likeness (QED) is 0.686. The molecule has 0 aliphatic carbocycles. The molecular formula is C14H22N2O4. The maximum Gasteiger partial charge on any atom is 0.237 e. The highest BCUT2D eigenvalue weighted by Crippen LogP contribution is 2.09. The molecule has 1 aromatic rings. The largest absolute Gasteiger partial charge is 0.467 e. The first-order valence-corrected chi connectivity index (χ1v) is 6.93. The average Bonchev–Trinajstić information content (AvgIpc) is 3.13. The zero-order valence-corrected chi connectivity index (χ0v) is 11.8. The van der Waals surface area contributed by atoms with Crippen molar-refractivity contribution in [2.45, 2.75) is 31.6 Å². The van der Waals surface area contributed by atoms with Gasteiger partial charge in [-0.15, -0.1) is 0 Å². The first-order chi connectivity index (χ1) is 9.79. The first kappa shape index (κ1) is 15.0. The standard InChI is InChI=1S/C14H22N2O4/c1-18-12-8-13(16-9-12)14(17)15-5-3-6-19-10-11-4-2-7-20-11/h2,4,7,12-13,16H,3,5-6,8-10H2,1H3,(H,15,17). The van der Waals surface area contributed by atoms with Gasteiger partial charge >= 0.3 is 0 Å². The molecule has 0 saturated carbocycles. The van der Waals surface area contributed by atoms with Crippen molar-refractivity contribution in [3.05, 3.63) is 24.2 Å². The summed E-state index contributed by atoms with van der Waals surface area (Å²) in [6.45, 7) is 2.42. The van der Waals surface area contributed by atoms with E-state index in [9.17, 15) is 4.79 Å². The summed E-state index contributed by atoms with van der Waals surface area (Å²) in [6, 6.07) is 3.57. The highest BCUT2D eigenvalue weighted by Gasteiger charge is 2.28. The third-order valence-electron chi connectivity index (χ3n) is 3.33. The van der Waals surface area contributed by atoms with Crippen LogP contribution < -0.4 is 10.6 Å². The number of amides is 1. The number of methoxy groups -OCH3 is 1. The van der Waals surface area contributed by atoms with Crippen LogP contribution in [0.3, 0.4) is 0 Å². The molecule has 6 heteroatoms. The molecule has 0 bridgehead atoms. The van der Waals surface area contributed by atoms with Crippen molar-refractivity contribution in [1.29, 1.82) is 0 Å². The van der Waals surface area contributed by atoms with Gasteiger partial charge in [-0.2, -0.15) is 0 Å². The second-order valence-electron chi connectivity index (χ2n) is 4.83. The Bertz CT molecular complexity index is 394. The van der Waals surface area contributed by atoms with Gasteiger partial charge in [0, 0.05) is 26.8 Å². The molecule has 2 N–H and O–H groups in total. The van der Waals surface area contributed by atoms with Gasteiger partial charge in [0.05, 0.1) is 18.4 Å². The van der Waals surface area contributed by atoms with Crippen LogP contribution in [0, 0.1) is 0 Å². The third kappa shape index (κ3) is 4.63. The van der Waals surface area contributed by atoms with E-state index in [-0.39, 0.29) is 18.1 Å². The Morgan fingerprint density at radius 2 is 2.50 bits per heavy atom. The Hall–Kier alpha value is -1.37. The minimum atomic E-state index is -0.135. The molecule has 0 aromatic carbocycles. The fourth-order valence-corrected chi connectivity index (χ4v) is 2.16. The zero-order chi connectivity index (χ0) is 14.2. The predicted molar refractivity (Wildman–Crippen MR) is 73.2 cm³/mol. The van der Waals surface area contributed by atoms with Crippen molar-refractivity contribution in [1.82, 2.24) is 10.6 Å². The summed E-state index contributed by atoms with van der Waals surface area (Å²) in [5.41, 5.74) is 0. The zero-order valence-electron chi connectivity index (χ0n) is 11.8. The first-order valence-electron chi connectivity index (χ1n) is 6.93. The molecule has 6 nitrogen and oxygen atoms in total. The van der Waals surface area contributed by atoms with E-state index >= 15 is 0 Å². The van der Waals surface area contributed by atoms with Crippen LogP contribution in [0.1, 0.15) is 18.6 Å². The number of nitrogens with one attached hydrogen (secondary N) is 2. The van der Waals surface area contributed by atoms with Gasteiger partial charge < -0.3 is 24.5 Å². The van der Waals surface area contributed by atoms with E-state index in [2.05, 4.69) is 10.6 Å². The molecular weight excluding hydrogens is 260 g/mol. The number of furan rings is 1. The smallest absolute Gasteiger partial charge is 0.237 e. The molecule has 0 spiro atoms. The molecule has 2 heterocycles. The lowest BCUT2D eigenvalue weighted by atomic mass is 10.2. The Kier molecular flexibility index (Phi) is 6.04. The number of ether oxygens (including phenoxy) is 2. The lowest BCUT2D eigenvalue weighted by Gasteiger charge is -2.11. The summed E-state index contributed by atoms with van der Waals surface area (Å²) in [7, 11) is 1.67. The van der Waals surface area contributed by atoms with Crippen LogP contribution in [-0.4, -0.2) is 44.9 Å². The van der Waals surface area contributed by atoms with Gasteiger partial charge in [-0.25, -0.2) is 0 Å². The van der Waals surface area contributed by atoms with Gasteiger partial charge in [0.25, 0.3) is 0 Å². The van der Waals surface area contributed by atoms with Crippen LogP contribution in [0.4, 0.5) is 0 Å². The monoisotopic (exact) mass is 282 g/mol. The van der Waals surface area contributed by atoms with E-state index in [1.54, 1.807) is 13.4 Å². The third-order valence-corrected chi connectivity index (χ3v) is 3.33. The maximum absolute atomic E-state index is 11.8. The van der Waals surface area contributed by atoms with Crippen molar-refractivity contribution in [2.75, 3.05) is 26.8 Å². The molecule has 20 heavy (non-hydrogen) atoms. The minimum absolute atomic E-state index is 0.0376. The second kappa shape index (κ2) is 8.04.